The minimum atomic E-state index is -0.411. The summed E-state index contributed by atoms with van der Waals surface area (Å²) >= 11 is 2.74. The molecule has 0 spiro atoms. The number of carbonyl (C=O) groups is 2. The molecular weight excluding hydrogens is 348 g/mol. The number of nitrogens with one attached hydrogen (secondary N) is 2. The predicted molar refractivity (Wildman–Crippen MR) is 95.3 cm³/mol. The van der Waals surface area contributed by atoms with Crippen molar-refractivity contribution < 1.29 is 14.3 Å². The minimum Gasteiger partial charge on any atom is -0.462 e. The summed E-state index contributed by atoms with van der Waals surface area (Å²) in [7, 11) is 1.77. The first kappa shape index (κ1) is 18.5. The molecular formula is C15H20N4O3S2. The van der Waals surface area contributed by atoms with Gasteiger partial charge in [0.05, 0.1) is 23.1 Å². The van der Waals surface area contributed by atoms with Gasteiger partial charge in [0, 0.05) is 12.7 Å². The highest BCUT2D eigenvalue weighted by Crippen LogP contribution is 2.31. The van der Waals surface area contributed by atoms with Crippen LogP contribution >= 0.6 is 23.1 Å². The van der Waals surface area contributed by atoms with Crippen LogP contribution in [0.1, 0.15) is 46.0 Å². The van der Waals surface area contributed by atoms with E-state index in [1.807, 2.05) is 6.92 Å². The van der Waals surface area contributed by atoms with Gasteiger partial charge in [-0.1, -0.05) is 23.1 Å². The summed E-state index contributed by atoms with van der Waals surface area (Å²) in [5.41, 5.74) is 2.14. The van der Waals surface area contributed by atoms with Gasteiger partial charge in [-0.25, -0.2) is 4.79 Å². The van der Waals surface area contributed by atoms with Crippen LogP contribution in [-0.2, 0) is 4.74 Å². The van der Waals surface area contributed by atoms with Crippen LogP contribution in [0.3, 0.4) is 0 Å². The number of aryl methyl sites for hydroxylation is 1. The quantitative estimate of drug-likeness (QED) is 0.440. The lowest BCUT2D eigenvalue weighted by Crippen LogP contribution is -2.15. The van der Waals surface area contributed by atoms with Crippen molar-refractivity contribution in [2.75, 3.05) is 19.0 Å². The zero-order chi connectivity index (χ0) is 17.9. The van der Waals surface area contributed by atoms with Crippen molar-refractivity contribution in [3.05, 3.63) is 22.5 Å². The number of aromatic amines is 1. The van der Waals surface area contributed by atoms with Crippen molar-refractivity contribution in [3.63, 3.8) is 0 Å². The predicted octanol–water partition coefficient (Wildman–Crippen LogP) is 3.06. The zero-order valence-electron chi connectivity index (χ0n) is 14.2. The van der Waals surface area contributed by atoms with Crippen LogP contribution in [0.25, 0.3) is 0 Å². The Bertz CT molecular complexity index is 754. The summed E-state index contributed by atoms with van der Waals surface area (Å²) in [6.07, 6.45) is 0. The lowest BCUT2D eigenvalue weighted by molar-refractivity contribution is 0.0525. The number of esters is 1. The Labute approximate surface area is 148 Å². The Morgan fingerprint density at radius 1 is 1.38 bits per heavy atom. The molecule has 130 valence electrons. The summed E-state index contributed by atoms with van der Waals surface area (Å²) in [6.45, 7) is 7.38. The molecule has 0 fully saturated rings. The van der Waals surface area contributed by atoms with Gasteiger partial charge in [-0.2, -0.15) is 0 Å². The zero-order valence-corrected chi connectivity index (χ0v) is 15.9. The number of H-pyrrole nitrogens is 1. The largest absolute Gasteiger partial charge is 0.462 e. The van der Waals surface area contributed by atoms with E-state index >= 15 is 0 Å². The highest BCUT2D eigenvalue weighted by Gasteiger charge is 2.26. The molecule has 7 nitrogen and oxygen atoms in total. The van der Waals surface area contributed by atoms with E-state index in [2.05, 4.69) is 20.5 Å². The Morgan fingerprint density at radius 3 is 2.67 bits per heavy atom. The van der Waals surface area contributed by atoms with Crippen molar-refractivity contribution in [1.82, 2.24) is 15.2 Å². The Morgan fingerprint density at radius 2 is 2.08 bits per heavy atom. The van der Waals surface area contributed by atoms with Crippen LogP contribution < -0.4 is 5.32 Å². The molecule has 0 amide bonds. The normalized spacial score (nSPS) is 12.0. The fraction of sp³-hybridized carbons (Fsp3) is 0.467. The molecule has 0 bridgehead atoms. The molecule has 2 aromatic heterocycles. The molecule has 0 saturated heterocycles. The van der Waals surface area contributed by atoms with Gasteiger partial charge in [-0.05, 0) is 33.3 Å². The third kappa shape index (κ3) is 3.78. The Hall–Kier alpha value is -1.87. The molecule has 0 radical (unpaired) electrons. The lowest BCUT2D eigenvalue weighted by Gasteiger charge is -2.07. The molecule has 0 saturated carbocycles. The monoisotopic (exact) mass is 368 g/mol. The number of ether oxygens (including phenoxy) is 1. The van der Waals surface area contributed by atoms with E-state index in [-0.39, 0.29) is 11.0 Å². The van der Waals surface area contributed by atoms with Gasteiger partial charge in [0.15, 0.2) is 10.1 Å². The smallest absolute Gasteiger partial charge is 0.340 e. The molecule has 0 unspecified atom stereocenters. The van der Waals surface area contributed by atoms with Crippen molar-refractivity contribution >= 4 is 40.0 Å². The highest BCUT2D eigenvalue weighted by atomic mass is 32.2. The Balaban J connectivity index is 2.19. The number of Topliss-reactive ketones (excluding diaryl/α,β-unsaturated/α-hetero) is 1. The first-order valence-corrected chi connectivity index (χ1v) is 9.17. The number of anilines is 1. The average Bonchev–Trinajstić information content (AvgIpc) is 3.10. The van der Waals surface area contributed by atoms with Crippen molar-refractivity contribution in [2.24, 2.45) is 0 Å². The molecule has 1 atom stereocenters. The third-order valence-electron chi connectivity index (χ3n) is 3.43. The van der Waals surface area contributed by atoms with Gasteiger partial charge in [-0.3, -0.25) is 4.79 Å². The van der Waals surface area contributed by atoms with Crippen LogP contribution in [0, 0.1) is 13.8 Å². The maximum Gasteiger partial charge on any atom is 0.340 e. The molecule has 2 rings (SSSR count). The second kappa shape index (κ2) is 7.80. The first-order chi connectivity index (χ1) is 11.4. The summed E-state index contributed by atoms with van der Waals surface area (Å²) in [5.74, 6) is -0.497. The minimum absolute atomic E-state index is 0.0858. The topological polar surface area (TPSA) is 97.0 Å². The highest BCUT2D eigenvalue weighted by molar-refractivity contribution is 8.02. The van der Waals surface area contributed by atoms with Crippen molar-refractivity contribution in [1.29, 1.82) is 0 Å². The van der Waals surface area contributed by atoms with Gasteiger partial charge >= 0.3 is 5.97 Å². The molecule has 0 aliphatic carbocycles. The summed E-state index contributed by atoms with van der Waals surface area (Å²) in [5, 5.41) is 11.3. The summed E-state index contributed by atoms with van der Waals surface area (Å²) in [4.78, 5) is 27.8. The SMILES string of the molecule is CCOC(=O)c1c(C)[nH]c(C(=O)[C@H](C)Sc2nnc(NC)s2)c1C. The molecule has 0 aromatic carbocycles. The maximum absolute atomic E-state index is 12.7. The van der Waals surface area contributed by atoms with E-state index in [4.69, 9.17) is 4.74 Å². The number of hydrogen-bond acceptors (Lipinski definition) is 8. The number of aromatic nitrogens is 3. The third-order valence-corrected chi connectivity index (χ3v) is 5.56. The average molecular weight is 368 g/mol. The van der Waals surface area contributed by atoms with Crippen LogP contribution in [0.2, 0.25) is 0 Å². The van der Waals surface area contributed by atoms with Crippen LogP contribution in [0.15, 0.2) is 4.34 Å². The van der Waals surface area contributed by atoms with Gasteiger partial charge in [0.25, 0.3) is 0 Å². The second-order valence-corrected chi connectivity index (χ2v) is 7.66. The van der Waals surface area contributed by atoms with Crippen molar-refractivity contribution in [2.45, 2.75) is 37.3 Å². The lowest BCUT2D eigenvalue weighted by atomic mass is 10.1. The summed E-state index contributed by atoms with van der Waals surface area (Å²) in [6, 6.07) is 0. The molecule has 0 aliphatic heterocycles. The molecule has 24 heavy (non-hydrogen) atoms. The fourth-order valence-electron chi connectivity index (χ4n) is 2.27. The van der Waals surface area contributed by atoms with E-state index in [1.54, 1.807) is 27.8 Å². The van der Waals surface area contributed by atoms with Gasteiger partial charge in [-0.15, -0.1) is 10.2 Å². The van der Waals surface area contributed by atoms with Crippen molar-refractivity contribution in [3.8, 4) is 0 Å². The van der Waals surface area contributed by atoms with Gasteiger partial charge in [0.1, 0.15) is 0 Å². The van der Waals surface area contributed by atoms with E-state index in [0.29, 0.717) is 38.6 Å². The standard InChI is InChI=1S/C15H20N4O3S2/c1-6-22-13(21)10-7(2)11(17-8(10)3)12(20)9(4)23-15-19-18-14(16-5)24-15/h9,17H,6H2,1-5H3,(H,16,18)/t9-/m0/s1. The van der Waals surface area contributed by atoms with Crippen LogP contribution in [0.4, 0.5) is 5.13 Å². The maximum atomic E-state index is 12.7. The number of carbonyl (C=O) groups excluding carboxylic acids is 2. The van der Waals surface area contributed by atoms with E-state index in [0.717, 1.165) is 0 Å². The van der Waals surface area contributed by atoms with E-state index in [1.165, 1.54) is 23.1 Å². The van der Waals surface area contributed by atoms with Crippen LogP contribution in [-0.4, -0.2) is 45.8 Å². The summed E-state index contributed by atoms with van der Waals surface area (Å²) < 4.78 is 5.77. The number of ketones is 1. The Kier molecular flexibility index (Phi) is 6.00. The van der Waals surface area contributed by atoms with E-state index < -0.39 is 5.97 Å². The van der Waals surface area contributed by atoms with Gasteiger partial charge < -0.3 is 15.0 Å². The number of rotatable bonds is 7. The molecule has 0 aliphatic rings. The molecule has 9 heteroatoms. The molecule has 2 aromatic rings. The fourth-order valence-corrected chi connectivity index (χ4v) is 4.18. The molecule has 2 heterocycles. The number of thioether (sulfide) groups is 1. The first-order valence-electron chi connectivity index (χ1n) is 7.47. The van der Waals surface area contributed by atoms with Crippen LogP contribution in [0.5, 0.6) is 0 Å². The van der Waals surface area contributed by atoms with Gasteiger partial charge in [0.2, 0.25) is 5.13 Å². The van der Waals surface area contributed by atoms with E-state index in [9.17, 15) is 9.59 Å². The molecule has 2 N–H and O–H groups in total. The number of nitrogens with zero attached hydrogens (tertiary/aromatic N) is 2. The number of hydrogen-bond donors (Lipinski definition) is 2. The second-order valence-electron chi connectivity index (χ2n) is 5.09.